The molecule has 0 saturated heterocycles. The molecule has 0 radical (unpaired) electrons. The van der Waals surface area contributed by atoms with Crippen molar-refractivity contribution in [1.29, 1.82) is 0 Å². The topological polar surface area (TPSA) is 35.0 Å². The molecule has 3 nitrogen and oxygen atoms in total. The fourth-order valence-corrected chi connectivity index (χ4v) is 1.95. The molecular formula is C9H6Br2N2O. The van der Waals surface area contributed by atoms with Crippen molar-refractivity contribution in [1.82, 2.24) is 9.97 Å². The number of benzene rings is 1. The maximum atomic E-state index is 5.22. The third-order valence-corrected chi connectivity index (χ3v) is 2.64. The minimum atomic E-state index is 0.561. The molecule has 2 rings (SSSR count). The Balaban J connectivity index is 2.81. The van der Waals surface area contributed by atoms with Crippen LogP contribution in [-0.2, 0) is 0 Å². The maximum Gasteiger partial charge on any atom is 0.197 e. The number of hydrogen-bond acceptors (Lipinski definition) is 3. The highest BCUT2D eigenvalue weighted by atomic mass is 79.9. The summed E-state index contributed by atoms with van der Waals surface area (Å²) in [6.45, 7) is 0. The van der Waals surface area contributed by atoms with Crippen molar-refractivity contribution in [3.63, 3.8) is 0 Å². The van der Waals surface area contributed by atoms with Crippen molar-refractivity contribution in [2.45, 2.75) is 0 Å². The lowest BCUT2D eigenvalue weighted by atomic mass is 10.2. The number of ether oxygens (including phenoxy) is 1. The van der Waals surface area contributed by atoms with Crippen LogP contribution in [0.15, 0.2) is 27.5 Å². The van der Waals surface area contributed by atoms with E-state index >= 15 is 0 Å². The molecule has 0 atom stereocenters. The molecule has 1 aromatic heterocycles. The molecule has 14 heavy (non-hydrogen) atoms. The zero-order valence-corrected chi connectivity index (χ0v) is 10.5. The van der Waals surface area contributed by atoms with Gasteiger partial charge in [0, 0.05) is 16.1 Å². The normalized spacial score (nSPS) is 10.5. The summed E-state index contributed by atoms with van der Waals surface area (Å²) in [5, 5.41) is 0.944. The van der Waals surface area contributed by atoms with Crippen LogP contribution in [0.4, 0.5) is 0 Å². The number of fused-ring (bicyclic) bond motifs is 1. The van der Waals surface area contributed by atoms with Crippen molar-refractivity contribution in [3.8, 4) is 5.75 Å². The van der Waals surface area contributed by atoms with E-state index in [-0.39, 0.29) is 0 Å². The van der Waals surface area contributed by atoms with Gasteiger partial charge in [0.05, 0.1) is 7.11 Å². The molecule has 0 aliphatic heterocycles. The van der Waals surface area contributed by atoms with Crippen LogP contribution in [0.3, 0.4) is 0 Å². The summed E-state index contributed by atoms with van der Waals surface area (Å²) in [6.07, 6.45) is 1.75. The predicted octanol–water partition coefficient (Wildman–Crippen LogP) is 3.16. The molecule has 72 valence electrons. The van der Waals surface area contributed by atoms with E-state index in [1.807, 2.05) is 12.1 Å². The van der Waals surface area contributed by atoms with Gasteiger partial charge in [0.1, 0.15) is 11.3 Å². The van der Waals surface area contributed by atoms with E-state index in [9.17, 15) is 0 Å². The Morgan fingerprint density at radius 1 is 1.29 bits per heavy atom. The molecule has 2 aromatic rings. The van der Waals surface area contributed by atoms with Gasteiger partial charge in [-0.15, -0.1) is 0 Å². The third kappa shape index (κ3) is 1.74. The van der Waals surface area contributed by atoms with Crippen LogP contribution in [0.2, 0.25) is 0 Å². The van der Waals surface area contributed by atoms with Crippen LogP contribution in [-0.4, -0.2) is 17.1 Å². The molecule has 0 aliphatic rings. The highest BCUT2D eigenvalue weighted by Gasteiger charge is 2.05. The van der Waals surface area contributed by atoms with Crippen LogP contribution >= 0.6 is 31.9 Å². The number of rotatable bonds is 1. The third-order valence-electron chi connectivity index (χ3n) is 1.80. The molecule has 0 bridgehead atoms. The van der Waals surface area contributed by atoms with Gasteiger partial charge in [0.2, 0.25) is 0 Å². The SMILES string of the molecule is COc1cc(Br)cc2cnc(Br)nc12. The second-order valence-electron chi connectivity index (χ2n) is 2.68. The van der Waals surface area contributed by atoms with E-state index in [2.05, 4.69) is 41.8 Å². The minimum Gasteiger partial charge on any atom is -0.494 e. The lowest BCUT2D eigenvalue weighted by molar-refractivity contribution is 0.418. The fourth-order valence-electron chi connectivity index (χ4n) is 1.21. The van der Waals surface area contributed by atoms with E-state index in [4.69, 9.17) is 4.74 Å². The number of halogens is 2. The van der Waals surface area contributed by atoms with Crippen molar-refractivity contribution in [2.24, 2.45) is 0 Å². The Morgan fingerprint density at radius 3 is 2.79 bits per heavy atom. The quantitative estimate of drug-likeness (QED) is 0.758. The molecule has 0 amide bonds. The molecule has 0 spiro atoms. The Labute approximate surface area is 97.8 Å². The van der Waals surface area contributed by atoms with Gasteiger partial charge in [-0.05, 0) is 28.1 Å². The minimum absolute atomic E-state index is 0.561. The predicted molar refractivity (Wildman–Crippen MR) is 61.5 cm³/mol. The summed E-state index contributed by atoms with van der Waals surface area (Å²) >= 11 is 6.62. The molecule has 0 N–H and O–H groups in total. The first-order chi connectivity index (χ1) is 6.70. The molecule has 0 aliphatic carbocycles. The first-order valence-corrected chi connectivity index (χ1v) is 5.45. The smallest absolute Gasteiger partial charge is 0.197 e. The summed E-state index contributed by atoms with van der Waals surface area (Å²) in [6, 6.07) is 3.83. The molecular weight excluding hydrogens is 312 g/mol. The first-order valence-electron chi connectivity index (χ1n) is 3.86. The first kappa shape index (κ1) is 9.86. The summed E-state index contributed by atoms with van der Waals surface area (Å²) in [7, 11) is 1.62. The van der Waals surface area contributed by atoms with Crippen molar-refractivity contribution in [3.05, 3.63) is 27.5 Å². The Kier molecular flexibility index (Phi) is 2.69. The van der Waals surface area contributed by atoms with E-state index in [1.54, 1.807) is 13.3 Å². The second-order valence-corrected chi connectivity index (χ2v) is 4.31. The van der Waals surface area contributed by atoms with Gasteiger partial charge >= 0.3 is 0 Å². The van der Waals surface area contributed by atoms with Gasteiger partial charge < -0.3 is 4.74 Å². The number of methoxy groups -OCH3 is 1. The monoisotopic (exact) mass is 316 g/mol. The Hall–Kier alpha value is -0.680. The van der Waals surface area contributed by atoms with E-state index in [1.165, 1.54) is 0 Å². The molecule has 1 aromatic carbocycles. The van der Waals surface area contributed by atoms with Gasteiger partial charge in [0.15, 0.2) is 4.73 Å². The maximum absolute atomic E-state index is 5.22. The summed E-state index contributed by atoms with van der Waals surface area (Å²) < 4.78 is 6.73. The highest BCUT2D eigenvalue weighted by molar-refractivity contribution is 9.10. The van der Waals surface area contributed by atoms with Crippen molar-refractivity contribution in [2.75, 3.05) is 7.11 Å². The fraction of sp³-hybridized carbons (Fsp3) is 0.111. The van der Waals surface area contributed by atoms with Crippen LogP contribution in [0, 0.1) is 0 Å². The van der Waals surface area contributed by atoms with Crippen molar-refractivity contribution < 1.29 is 4.74 Å². The van der Waals surface area contributed by atoms with Crippen molar-refractivity contribution >= 4 is 42.8 Å². The van der Waals surface area contributed by atoms with E-state index in [0.717, 1.165) is 21.1 Å². The number of aromatic nitrogens is 2. The van der Waals surface area contributed by atoms with Gasteiger partial charge in [-0.25, -0.2) is 9.97 Å². The number of hydrogen-bond donors (Lipinski definition) is 0. The van der Waals surface area contributed by atoms with Crippen LogP contribution in [0.1, 0.15) is 0 Å². The Bertz CT molecular complexity index is 487. The lowest BCUT2D eigenvalue weighted by Gasteiger charge is -2.05. The van der Waals surface area contributed by atoms with E-state index < -0.39 is 0 Å². The molecule has 0 unspecified atom stereocenters. The molecule has 1 heterocycles. The average Bonchev–Trinajstić information content (AvgIpc) is 2.17. The van der Waals surface area contributed by atoms with Gasteiger partial charge in [-0.3, -0.25) is 0 Å². The zero-order valence-electron chi connectivity index (χ0n) is 7.29. The van der Waals surface area contributed by atoms with E-state index in [0.29, 0.717) is 4.73 Å². The van der Waals surface area contributed by atoms with Crippen LogP contribution in [0.25, 0.3) is 10.9 Å². The molecule has 0 fully saturated rings. The molecule has 5 heteroatoms. The zero-order chi connectivity index (χ0) is 10.1. The average molecular weight is 318 g/mol. The summed E-state index contributed by atoms with van der Waals surface area (Å²) in [5.41, 5.74) is 0.803. The number of nitrogens with zero attached hydrogens (tertiary/aromatic N) is 2. The van der Waals surface area contributed by atoms with Crippen LogP contribution in [0.5, 0.6) is 5.75 Å². The molecule has 0 saturated carbocycles. The summed E-state index contributed by atoms with van der Waals surface area (Å²) in [5.74, 6) is 0.734. The summed E-state index contributed by atoms with van der Waals surface area (Å²) in [4.78, 5) is 8.30. The lowest BCUT2D eigenvalue weighted by Crippen LogP contribution is -1.90. The largest absolute Gasteiger partial charge is 0.494 e. The Morgan fingerprint density at radius 2 is 2.07 bits per heavy atom. The van der Waals surface area contributed by atoms with Gasteiger partial charge in [-0.1, -0.05) is 15.9 Å². The highest BCUT2D eigenvalue weighted by Crippen LogP contribution is 2.28. The standard InChI is InChI=1S/C9H6Br2N2O/c1-14-7-3-6(10)2-5-4-12-9(11)13-8(5)7/h2-4H,1H3. The van der Waals surface area contributed by atoms with Gasteiger partial charge in [-0.2, -0.15) is 0 Å². The second kappa shape index (κ2) is 3.82. The van der Waals surface area contributed by atoms with Crippen LogP contribution < -0.4 is 4.74 Å². The van der Waals surface area contributed by atoms with Gasteiger partial charge in [0.25, 0.3) is 0 Å².